The molecule has 0 rings (SSSR count). The largest absolute Gasteiger partial charge is 0.285 e. The van der Waals surface area contributed by atoms with Crippen LogP contribution in [0.25, 0.3) is 0 Å². The van der Waals surface area contributed by atoms with Crippen LogP contribution in [-0.4, -0.2) is 43.9 Å². The number of unbranched alkanes of at least 4 members (excludes halogenated alkanes) is 2. The summed E-state index contributed by atoms with van der Waals surface area (Å²) < 4.78 is 79.4. The van der Waals surface area contributed by atoms with Gasteiger partial charge in [0.1, 0.15) is 11.9 Å². The molecule has 0 aliphatic heterocycles. The van der Waals surface area contributed by atoms with Crippen molar-refractivity contribution in [2.75, 3.05) is 12.4 Å². The second kappa shape index (κ2) is 7.86. The Labute approximate surface area is 97.9 Å². The molecule has 8 heteroatoms. The molecule has 0 saturated heterocycles. The highest BCUT2D eigenvalue weighted by Crippen LogP contribution is 2.19. The van der Waals surface area contributed by atoms with Crippen molar-refractivity contribution < 1.29 is 30.5 Å². The van der Waals surface area contributed by atoms with Gasteiger partial charge < -0.3 is 0 Å². The van der Waals surface area contributed by atoms with Gasteiger partial charge in [-0.1, -0.05) is 12.8 Å². The lowest BCUT2D eigenvalue weighted by Gasteiger charge is -2.16. The normalized spacial score (nSPS) is 17.7. The topological polar surface area (TPSA) is 54.4 Å². The van der Waals surface area contributed by atoms with Crippen LogP contribution in [0.4, 0.5) is 17.6 Å². The van der Waals surface area contributed by atoms with Gasteiger partial charge in [0.05, 0.1) is 6.67 Å². The van der Waals surface area contributed by atoms with Crippen LogP contribution >= 0.6 is 0 Å². The van der Waals surface area contributed by atoms with Gasteiger partial charge in [-0.2, -0.15) is 8.42 Å². The Morgan fingerprint density at radius 1 is 1.00 bits per heavy atom. The van der Waals surface area contributed by atoms with Gasteiger partial charge in [-0.25, -0.2) is 13.2 Å². The maximum absolute atomic E-state index is 13.1. The Morgan fingerprint density at radius 2 is 1.59 bits per heavy atom. The summed E-state index contributed by atoms with van der Waals surface area (Å²) in [6, 6.07) is 0. The Bertz CT molecular complexity index is 297. The van der Waals surface area contributed by atoms with Crippen LogP contribution in [0, 0.1) is 0 Å². The van der Waals surface area contributed by atoms with Gasteiger partial charge >= 0.3 is 0 Å². The molecule has 104 valence electrons. The zero-order valence-electron chi connectivity index (χ0n) is 9.16. The maximum Gasteiger partial charge on any atom is 0.267 e. The van der Waals surface area contributed by atoms with E-state index >= 15 is 0 Å². The van der Waals surface area contributed by atoms with Crippen LogP contribution in [0.1, 0.15) is 25.7 Å². The van der Waals surface area contributed by atoms with Crippen LogP contribution in [0.2, 0.25) is 0 Å². The van der Waals surface area contributed by atoms with Crippen molar-refractivity contribution in [1.29, 1.82) is 0 Å². The molecule has 0 aromatic heterocycles. The standard InChI is InChI=1S/C9H16F4O3S/c10-5-3-1-2-4-7(11)9(13)8(12)6-17(14,15)16/h7-9H,1-6H2,(H,14,15,16). The number of hydrogen-bond donors (Lipinski definition) is 1. The predicted molar refractivity (Wildman–Crippen MR) is 55.5 cm³/mol. The minimum atomic E-state index is -4.66. The van der Waals surface area contributed by atoms with E-state index in [1.165, 1.54) is 0 Å². The van der Waals surface area contributed by atoms with E-state index < -0.39 is 41.1 Å². The highest BCUT2D eigenvalue weighted by Gasteiger charge is 2.32. The Morgan fingerprint density at radius 3 is 2.06 bits per heavy atom. The third-order valence-electron chi connectivity index (χ3n) is 2.17. The summed E-state index contributed by atoms with van der Waals surface area (Å²) in [7, 11) is -4.66. The number of hydrogen-bond acceptors (Lipinski definition) is 2. The average Bonchev–Trinajstić information content (AvgIpc) is 2.20. The van der Waals surface area contributed by atoms with E-state index in [2.05, 4.69) is 0 Å². The van der Waals surface area contributed by atoms with Crippen LogP contribution < -0.4 is 0 Å². The summed E-state index contributed by atoms with van der Waals surface area (Å²) in [6.07, 6.45) is -6.85. The molecule has 17 heavy (non-hydrogen) atoms. The monoisotopic (exact) mass is 280 g/mol. The molecule has 0 amide bonds. The third-order valence-corrected chi connectivity index (χ3v) is 2.91. The Hall–Kier alpha value is -0.370. The van der Waals surface area contributed by atoms with Crippen LogP contribution in [-0.2, 0) is 10.1 Å². The minimum Gasteiger partial charge on any atom is -0.285 e. The molecule has 0 aromatic carbocycles. The first kappa shape index (κ1) is 16.6. The third kappa shape index (κ3) is 8.37. The SMILES string of the molecule is O=S(=O)(O)CC(F)C(F)C(F)CCCCCF. The van der Waals surface area contributed by atoms with E-state index in [1.54, 1.807) is 0 Å². The second-order valence-electron chi connectivity index (χ2n) is 3.76. The lowest BCUT2D eigenvalue weighted by Crippen LogP contribution is -2.33. The molecule has 0 aromatic rings. The van der Waals surface area contributed by atoms with E-state index in [0.29, 0.717) is 6.42 Å². The van der Waals surface area contributed by atoms with E-state index in [4.69, 9.17) is 4.55 Å². The van der Waals surface area contributed by atoms with Crippen molar-refractivity contribution in [3.63, 3.8) is 0 Å². The van der Waals surface area contributed by atoms with Crippen LogP contribution in [0.3, 0.4) is 0 Å². The predicted octanol–water partition coefficient (Wildman–Crippen LogP) is 2.42. The molecule has 1 N–H and O–H groups in total. The van der Waals surface area contributed by atoms with Gasteiger partial charge in [-0.05, 0) is 12.8 Å². The van der Waals surface area contributed by atoms with E-state index in [-0.39, 0.29) is 19.3 Å². The fraction of sp³-hybridized carbons (Fsp3) is 1.00. The van der Waals surface area contributed by atoms with Gasteiger partial charge in [0.15, 0.2) is 12.3 Å². The smallest absolute Gasteiger partial charge is 0.267 e. The Balaban J connectivity index is 3.98. The van der Waals surface area contributed by atoms with Gasteiger partial charge in [-0.3, -0.25) is 8.94 Å². The van der Waals surface area contributed by atoms with Crippen molar-refractivity contribution in [3.8, 4) is 0 Å². The van der Waals surface area contributed by atoms with Crippen molar-refractivity contribution >= 4 is 10.1 Å². The average molecular weight is 280 g/mol. The number of halogens is 4. The fourth-order valence-electron chi connectivity index (χ4n) is 1.29. The van der Waals surface area contributed by atoms with Crippen LogP contribution in [0.15, 0.2) is 0 Å². The van der Waals surface area contributed by atoms with E-state index in [0.717, 1.165) is 0 Å². The first-order chi connectivity index (χ1) is 7.78. The molecule has 3 nitrogen and oxygen atoms in total. The minimum absolute atomic E-state index is 0.199. The number of rotatable bonds is 9. The quantitative estimate of drug-likeness (QED) is 0.401. The summed E-state index contributed by atoms with van der Waals surface area (Å²) in [5.74, 6) is -1.46. The van der Waals surface area contributed by atoms with Gasteiger partial charge in [0, 0.05) is 0 Å². The highest BCUT2D eigenvalue weighted by atomic mass is 32.2. The summed E-state index contributed by atoms with van der Waals surface area (Å²) in [6.45, 7) is -0.551. The van der Waals surface area contributed by atoms with Crippen molar-refractivity contribution in [3.05, 3.63) is 0 Å². The molecular weight excluding hydrogens is 264 g/mol. The molecule has 0 aliphatic carbocycles. The molecule has 0 radical (unpaired) electrons. The molecule has 0 bridgehead atoms. The lowest BCUT2D eigenvalue weighted by molar-refractivity contribution is 0.0853. The zero-order chi connectivity index (χ0) is 13.5. The molecule has 3 unspecified atom stereocenters. The summed E-state index contributed by atoms with van der Waals surface area (Å²) in [4.78, 5) is 0. The molecule has 3 atom stereocenters. The molecular formula is C9H16F4O3S. The molecule has 0 fully saturated rings. The first-order valence-electron chi connectivity index (χ1n) is 5.21. The maximum atomic E-state index is 13.1. The van der Waals surface area contributed by atoms with Crippen molar-refractivity contribution in [2.24, 2.45) is 0 Å². The summed E-state index contributed by atoms with van der Waals surface area (Å²) in [5, 5.41) is 0. The van der Waals surface area contributed by atoms with Crippen molar-refractivity contribution in [2.45, 2.75) is 44.2 Å². The molecule has 0 heterocycles. The molecule has 0 aliphatic rings. The number of alkyl halides is 4. The molecule has 0 saturated carbocycles. The Kier molecular flexibility index (Phi) is 7.69. The van der Waals surface area contributed by atoms with E-state index in [9.17, 15) is 26.0 Å². The van der Waals surface area contributed by atoms with Crippen LogP contribution in [0.5, 0.6) is 0 Å². The van der Waals surface area contributed by atoms with Gasteiger partial charge in [-0.15, -0.1) is 0 Å². The summed E-state index contributed by atoms with van der Waals surface area (Å²) in [5.41, 5.74) is 0. The van der Waals surface area contributed by atoms with E-state index in [1.807, 2.05) is 0 Å². The summed E-state index contributed by atoms with van der Waals surface area (Å²) >= 11 is 0. The van der Waals surface area contributed by atoms with Gasteiger partial charge in [0.25, 0.3) is 10.1 Å². The zero-order valence-corrected chi connectivity index (χ0v) is 9.98. The van der Waals surface area contributed by atoms with Crippen molar-refractivity contribution in [1.82, 2.24) is 0 Å². The highest BCUT2D eigenvalue weighted by molar-refractivity contribution is 7.85. The lowest BCUT2D eigenvalue weighted by atomic mass is 10.1. The fourth-order valence-corrected chi connectivity index (χ4v) is 1.88. The first-order valence-corrected chi connectivity index (χ1v) is 6.82. The van der Waals surface area contributed by atoms with Gasteiger partial charge in [0.2, 0.25) is 0 Å². The molecule has 0 spiro atoms. The second-order valence-corrected chi connectivity index (χ2v) is 5.26.